The Labute approximate surface area is 169 Å². The van der Waals surface area contributed by atoms with E-state index in [1.807, 2.05) is 38.1 Å². The number of hydrogen-bond donors (Lipinski definition) is 2. The summed E-state index contributed by atoms with van der Waals surface area (Å²) in [5.74, 6) is -1.28. The van der Waals surface area contributed by atoms with E-state index in [2.05, 4.69) is 17.6 Å². The fourth-order valence-corrected chi connectivity index (χ4v) is 3.83. The van der Waals surface area contributed by atoms with Crippen molar-refractivity contribution in [2.75, 3.05) is 11.9 Å². The van der Waals surface area contributed by atoms with Gasteiger partial charge in [0, 0.05) is 11.8 Å². The Morgan fingerprint density at radius 2 is 1.79 bits per heavy atom. The van der Waals surface area contributed by atoms with Crippen LogP contribution in [0, 0.1) is 13.8 Å². The van der Waals surface area contributed by atoms with Crippen molar-refractivity contribution in [3.63, 3.8) is 0 Å². The van der Waals surface area contributed by atoms with Crippen molar-refractivity contribution in [3.05, 3.63) is 51.4 Å². The van der Waals surface area contributed by atoms with Crippen molar-refractivity contribution in [1.82, 2.24) is 5.32 Å². The molecular weight excluding hydrogens is 376 g/mol. The highest BCUT2D eigenvalue weighted by atomic mass is 32.1. The van der Waals surface area contributed by atoms with E-state index in [-0.39, 0.29) is 24.5 Å². The van der Waals surface area contributed by atoms with Crippen molar-refractivity contribution in [2.24, 2.45) is 0 Å². The minimum absolute atomic E-state index is 0.197. The first kappa shape index (κ1) is 21.6. The molecule has 0 aliphatic rings. The predicted molar refractivity (Wildman–Crippen MR) is 111 cm³/mol. The van der Waals surface area contributed by atoms with Crippen LogP contribution in [0.4, 0.5) is 5.00 Å². The predicted octanol–water partition coefficient (Wildman–Crippen LogP) is 3.92. The number of benzene rings is 1. The number of aryl methyl sites for hydroxylation is 2. The number of ether oxygens (including phenoxy) is 1. The lowest BCUT2D eigenvalue weighted by Gasteiger charge is -2.15. The van der Waals surface area contributed by atoms with Crippen molar-refractivity contribution in [2.45, 2.75) is 47.1 Å². The van der Waals surface area contributed by atoms with E-state index in [0.29, 0.717) is 10.6 Å². The van der Waals surface area contributed by atoms with Crippen molar-refractivity contribution < 1.29 is 19.1 Å². The van der Waals surface area contributed by atoms with Crippen LogP contribution in [0.1, 0.15) is 58.7 Å². The van der Waals surface area contributed by atoms with Crippen molar-refractivity contribution in [3.8, 4) is 0 Å². The molecule has 0 bridgehead atoms. The van der Waals surface area contributed by atoms with Gasteiger partial charge in [-0.1, -0.05) is 31.2 Å². The highest BCUT2D eigenvalue weighted by molar-refractivity contribution is 7.16. The lowest BCUT2D eigenvalue weighted by atomic mass is 10.1. The summed E-state index contributed by atoms with van der Waals surface area (Å²) < 4.78 is 5.18. The van der Waals surface area contributed by atoms with Gasteiger partial charge in [-0.2, -0.15) is 0 Å². The molecule has 2 amide bonds. The molecule has 1 aromatic carbocycles. The van der Waals surface area contributed by atoms with Crippen LogP contribution in [0.2, 0.25) is 0 Å². The summed E-state index contributed by atoms with van der Waals surface area (Å²) in [5, 5.41) is 5.91. The fourth-order valence-electron chi connectivity index (χ4n) is 2.73. The third kappa shape index (κ3) is 5.42. The third-order valence-electron chi connectivity index (χ3n) is 4.48. The Morgan fingerprint density at radius 3 is 2.36 bits per heavy atom. The Kier molecular flexibility index (Phi) is 7.34. The molecule has 0 saturated heterocycles. The maximum absolute atomic E-state index is 12.5. The first-order valence-corrected chi connectivity index (χ1v) is 9.97. The summed E-state index contributed by atoms with van der Waals surface area (Å²) in [6, 6.07) is 7.82. The van der Waals surface area contributed by atoms with Crippen molar-refractivity contribution in [1.29, 1.82) is 0 Å². The van der Waals surface area contributed by atoms with Gasteiger partial charge < -0.3 is 15.4 Å². The Hall–Kier alpha value is -2.67. The second kappa shape index (κ2) is 9.50. The lowest BCUT2D eigenvalue weighted by Crippen LogP contribution is -2.31. The second-order valence-electron chi connectivity index (χ2n) is 6.63. The van der Waals surface area contributed by atoms with Gasteiger partial charge in [0.15, 0.2) is 6.61 Å². The van der Waals surface area contributed by atoms with E-state index in [1.165, 1.54) is 23.8 Å². The van der Waals surface area contributed by atoms with Crippen LogP contribution in [0.3, 0.4) is 0 Å². The zero-order valence-electron chi connectivity index (χ0n) is 16.8. The van der Waals surface area contributed by atoms with Crippen LogP contribution in [0.25, 0.3) is 0 Å². The zero-order chi connectivity index (χ0) is 20.8. The smallest absolute Gasteiger partial charge is 0.341 e. The SMILES string of the molecule is CCc1ccc([C@H](C)NC(=O)COC(=O)c2c(NC(C)=O)sc(C)c2C)cc1. The van der Waals surface area contributed by atoms with Crippen LogP contribution >= 0.6 is 11.3 Å². The number of carbonyl (C=O) groups excluding carboxylic acids is 3. The van der Waals surface area contributed by atoms with Gasteiger partial charge >= 0.3 is 5.97 Å². The van der Waals surface area contributed by atoms with E-state index in [4.69, 9.17) is 4.74 Å². The van der Waals surface area contributed by atoms with Crippen LogP contribution in [0.15, 0.2) is 24.3 Å². The third-order valence-corrected chi connectivity index (χ3v) is 5.60. The van der Waals surface area contributed by atoms with Gasteiger partial charge in [-0.25, -0.2) is 4.79 Å². The second-order valence-corrected chi connectivity index (χ2v) is 7.85. The molecule has 0 unspecified atom stereocenters. The minimum atomic E-state index is -0.624. The molecule has 1 aromatic heterocycles. The van der Waals surface area contributed by atoms with Gasteiger partial charge in [0.2, 0.25) is 5.91 Å². The molecule has 0 saturated carbocycles. The van der Waals surface area contributed by atoms with Crippen LogP contribution < -0.4 is 10.6 Å². The first-order valence-electron chi connectivity index (χ1n) is 9.15. The Balaban J connectivity index is 1.97. The molecule has 1 heterocycles. The number of hydrogen-bond acceptors (Lipinski definition) is 5. The fraction of sp³-hybridized carbons (Fsp3) is 0.381. The summed E-state index contributed by atoms with van der Waals surface area (Å²) in [6.45, 7) is 8.60. The molecule has 1 atom stereocenters. The molecule has 0 aliphatic heterocycles. The maximum Gasteiger partial charge on any atom is 0.341 e. The molecule has 0 radical (unpaired) electrons. The molecule has 150 valence electrons. The summed E-state index contributed by atoms with van der Waals surface area (Å²) >= 11 is 1.31. The monoisotopic (exact) mass is 402 g/mol. The first-order chi connectivity index (χ1) is 13.2. The molecule has 2 N–H and O–H groups in total. The van der Waals surface area contributed by atoms with E-state index >= 15 is 0 Å². The highest BCUT2D eigenvalue weighted by Crippen LogP contribution is 2.32. The van der Waals surface area contributed by atoms with Gasteiger partial charge in [0.1, 0.15) is 5.00 Å². The number of carbonyl (C=O) groups is 3. The quantitative estimate of drug-likeness (QED) is 0.688. The van der Waals surface area contributed by atoms with Crippen LogP contribution in [-0.4, -0.2) is 24.4 Å². The number of rotatable bonds is 7. The van der Waals surface area contributed by atoms with Gasteiger partial charge in [0.25, 0.3) is 5.91 Å². The lowest BCUT2D eigenvalue weighted by molar-refractivity contribution is -0.124. The average molecular weight is 403 g/mol. The molecule has 0 aliphatic carbocycles. The minimum Gasteiger partial charge on any atom is -0.452 e. The number of nitrogens with one attached hydrogen (secondary N) is 2. The van der Waals surface area contributed by atoms with E-state index < -0.39 is 5.97 Å². The highest BCUT2D eigenvalue weighted by Gasteiger charge is 2.22. The number of anilines is 1. The summed E-state index contributed by atoms with van der Waals surface area (Å²) in [5.41, 5.74) is 3.25. The molecule has 2 rings (SSSR count). The van der Waals surface area contributed by atoms with Crippen LogP contribution in [0.5, 0.6) is 0 Å². The van der Waals surface area contributed by atoms with Crippen LogP contribution in [-0.2, 0) is 20.7 Å². The van der Waals surface area contributed by atoms with E-state index in [9.17, 15) is 14.4 Å². The van der Waals surface area contributed by atoms with Gasteiger partial charge in [-0.05, 0) is 43.9 Å². The van der Waals surface area contributed by atoms with Gasteiger partial charge in [-0.3, -0.25) is 9.59 Å². The molecule has 0 spiro atoms. The maximum atomic E-state index is 12.5. The van der Waals surface area contributed by atoms with E-state index in [0.717, 1.165) is 22.4 Å². The standard InChI is InChI=1S/C21H26N2O4S/c1-6-16-7-9-17(10-8-16)13(3)22-18(25)11-27-21(26)19-12(2)14(4)28-20(19)23-15(5)24/h7-10,13H,6,11H2,1-5H3,(H,22,25)(H,23,24)/t13-/m0/s1. The summed E-state index contributed by atoms with van der Waals surface area (Å²) in [7, 11) is 0. The average Bonchev–Trinajstić information content (AvgIpc) is 2.92. The number of esters is 1. The molecule has 2 aromatic rings. The number of thiophene rings is 1. The van der Waals surface area contributed by atoms with Gasteiger partial charge in [-0.15, -0.1) is 11.3 Å². The molecule has 28 heavy (non-hydrogen) atoms. The zero-order valence-corrected chi connectivity index (χ0v) is 17.7. The summed E-state index contributed by atoms with van der Waals surface area (Å²) in [4.78, 5) is 36.9. The molecule has 7 heteroatoms. The number of amides is 2. The van der Waals surface area contributed by atoms with E-state index in [1.54, 1.807) is 6.92 Å². The van der Waals surface area contributed by atoms with Crippen molar-refractivity contribution >= 4 is 34.1 Å². The largest absolute Gasteiger partial charge is 0.452 e. The summed E-state index contributed by atoms with van der Waals surface area (Å²) in [6.07, 6.45) is 0.957. The molecular formula is C21H26N2O4S. The van der Waals surface area contributed by atoms with Gasteiger partial charge in [0.05, 0.1) is 11.6 Å². The normalized spacial score (nSPS) is 11.6. The Bertz CT molecular complexity index is 871. The molecule has 0 fully saturated rings. The topological polar surface area (TPSA) is 84.5 Å². The Morgan fingerprint density at radius 1 is 1.14 bits per heavy atom. The molecule has 6 nitrogen and oxygen atoms in total.